The van der Waals surface area contributed by atoms with E-state index in [0.29, 0.717) is 0 Å². The van der Waals surface area contributed by atoms with Crippen molar-refractivity contribution in [3.63, 3.8) is 0 Å². The van der Waals surface area contributed by atoms with Crippen LogP contribution in [0.1, 0.15) is 33.4 Å². The van der Waals surface area contributed by atoms with Gasteiger partial charge in [-0.25, -0.2) is 0 Å². The molecule has 0 heterocycles. The van der Waals surface area contributed by atoms with Crippen molar-refractivity contribution < 1.29 is 0 Å². The maximum Gasteiger partial charge on any atom is 0.0713 e. The summed E-state index contributed by atoms with van der Waals surface area (Å²) in [5.74, 6) is 0. The van der Waals surface area contributed by atoms with Gasteiger partial charge >= 0.3 is 0 Å². The summed E-state index contributed by atoms with van der Waals surface area (Å²) >= 11 is 2.49. The second kappa shape index (κ2) is 6.59. The Hall–Kier alpha value is -2.39. The highest BCUT2D eigenvalue weighted by molar-refractivity contribution is 14.1. The molecule has 0 nitrogen and oxygen atoms in total. The number of fused-ring (bicyclic) bond motifs is 3. The summed E-state index contributed by atoms with van der Waals surface area (Å²) in [7, 11) is 0. The van der Waals surface area contributed by atoms with E-state index in [9.17, 15) is 0 Å². The Morgan fingerprint density at radius 1 is 0.571 bits per heavy atom. The molecule has 0 amide bonds. The third-order valence-electron chi connectivity index (χ3n) is 5.99. The minimum atomic E-state index is -0.283. The highest BCUT2D eigenvalue weighted by Crippen LogP contribution is 2.56. The van der Waals surface area contributed by atoms with Gasteiger partial charge < -0.3 is 0 Å². The summed E-state index contributed by atoms with van der Waals surface area (Å²) < 4.78 is 1.31. The molecule has 0 saturated heterocycles. The number of benzene rings is 4. The molecule has 0 N–H and O–H groups in total. The summed E-state index contributed by atoms with van der Waals surface area (Å²) in [6, 6.07) is 33.8. The molecule has 0 aliphatic heterocycles. The lowest BCUT2D eigenvalue weighted by molar-refractivity contribution is 0.767. The monoisotopic (exact) mass is 472 g/mol. The van der Waals surface area contributed by atoms with Crippen LogP contribution < -0.4 is 0 Å². The summed E-state index contributed by atoms with van der Waals surface area (Å²) in [5.41, 5.74) is 10.4. The smallest absolute Gasteiger partial charge is 0.0619 e. The first-order valence-electron chi connectivity index (χ1n) is 9.65. The zero-order chi connectivity index (χ0) is 19.3. The topological polar surface area (TPSA) is 0 Å². The van der Waals surface area contributed by atoms with Crippen molar-refractivity contribution in [1.29, 1.82) is 0 Å². The number of hydrogen-bond donors (Lipinski definition) is 0. The molecule has 0 bridgehead atoms. The second-order valence-electron chi connectivity index (χ2n) is 7.69. The summed E-state index contributed by atoms with van der Waals surface area (Å²) in [6.45, 7) is 4.31. The van der Waals surface area contributed by atoms with Crippen LogP contribution in [0.4, 0.5) is 0 Å². The number of halogens is 1. The fourth-order valence-electron chi connectivity index (χ4n) is 4.68. The van der Waals surface area contributed by atoms with E-state index in [0.717, 1.165) is 0 Å². The van der Waals surface area contributed by atoms with Gasteiger partial charge in [0.05, 0.1) is 5.41 Å². The molecule has 0 aromatic heterocycles. The molecule has 0 saturated carbocycles. The third-order valence-corrected chi connectivity index (χ3v) is 6.89. The maximum atomic E-state index is 2.49. The highest BCUT2D eigenvalue weighted by atomic mass is 127. The van der Waals surface area contributed by atoms with E-state index in [1.54, 1.807) is 0 Å². The molecule has 4 aromatic rings. The van der Waals surface area contributed by atoms with E-state index in [4.69, 9.17) is 0 Å². The Labute approximate surface area is 180 Å². The predicted molar refractivity (Wildman–Crippen MR) is 126 cm³/mol. The Bertz CT molecular complexity index is 1120. The number of hydrogen-bond acceptors (Lipinski definition) is 0. The molecular formula is C27H21I. The van der Waals surface area contributed by atoms with Gasteiger partial charge in [-0.05, 0) is 70.3 Å². The summed E-state index contributed by atoms with van der Waals surface area (Å²) in [4.78, 5) is 0. The molecule has 1 aliphatic rings. The third kappa shape index (κ3) is 2.42. The van der Waals surface area contributed by atoms with Gasteiger partial charge in [0.25, 0.3) is 0 Å². The lowest BCUT2D eigenvalue weighted by Crippen LogP contribution is -2.28. The van der Waals surface area contributed by atoms with E-state index >= 15 is 0 Å². The Morgan fingerprint density at radius 2 is 1.11 bits per heavy atom. The standard InChI is InChI=1S/C27H21I/c1-18-10-14-20(15-11-18)27(21-16-12-19(2)13-17-21)23-7-4-3-6-22(23)26-24(27)8-5-9-25(26)28/h3-17H,1-2H3. The Balaban J connectivity index is 1.97. The second-order valence-corrected chi connectivity index (χ2v) is 8.85. The van der Waals surface area contributed by atoms with Crippen molar-refractivity contribution in [2.75, 3.05) is 0 Å². The summed E-state index contributed by atoms with van der Waals surface area (Å²) in [6.07, 6.45) is 0. The Morgan fingerprint density at radius 3 is 1.71 bits per heavy atom. The fourth-order valence-corrected chi connectivity index (χ4v) is 5.47. The van der Waals surface area contributed by atoms with Crippen molar-refractivity contribution in [3.8, 4) is 11.1 Å². The first-order chi connectivity index (χ1) is 13.6. The molecule has 0 unspecified atom stereocenters. The van der Waals surface area contributed by atoms with E-state index in [1.165, 1.54) is 48.1 Å². The molecule has 5 rings (SSSR count). The number of rotatable bonds is 2. The average Bonchev–Trinajstić information content (AvgIpc) is 3.02. The highest BCUT2D eigenvalue weighted by Gasteiger charge is 2.46. The van der Waals surface area contributed by atoms with Crippen molar-refractivity contribution in [2.45, 2.75) is 19.3 Å². The van der Waals surface area contributed by atoms with Crippen molar-refractivity contribution in [2.24, 2.45) is 0 Å². The molecule has 4 aromatic carbocycles. The minimum Gasteiger partial charge on any atom is -0.0619 e. The van der Waals surface area contributed by atoms with Gasteiger partial charge in [0.1, 0.15) is 0 Å². The van der Waals surface area contributed by atoms with E-state index in [1.807, 2.05) is 0 Å². The van der Waals surface area contributed by atoms with E-state index < -0.39 is 0 Å². The van der Waals surface area contributed by atoms with Gasteiger partial charge in [-0.2, -0.15) is 0 Å². The first-order valence-corrected chi connectivity index (χ1v) is 10.7. The maximum absolute atomic E-state index is 2.49. The quantitative estimate of drug-likeness (QED) is 0.237. The van der Waals surface area contributed by atoms with E-state index in [2.05, 4.69) is 127 Å². The van der Waals surface area contributed by atoms with Gasteiger partial charge in [-0.3, -0.25) is 0 Å². The number of aryl methyl sites for hydroxylation is 2. The van der Waals surface area contributed by atoms with Crippen LogP contribution >= 0.6 is 22.6 Å². The largest absolute Gasteiger partial charge is 0.0713 e. The van der Waals surface area contributed by atoms with Gasteiger partial charge in [0.2, 0.25) is 0 Å². The van der Waals surface area contributed by atoms with Crippen LogP contribution in [0.5, 0.6) is 0 Å². The van der Waals surface area contributed by atoms with Crippen LogP contribution in [0.2, 0.25) is 0 Å². The molecule has 0 radical (unpaired) electrons. The van der Waals surface area contributed by atoms with Crippen LogP contribution in [0.3, 0.4) is 0 Å². The van der Waals surface area contributed by atoms with Gasteiger partial charge in [-0.1, -0.05) is 96.1 Å². The van der Waals surface area contributed by atoms with Crippen molar-refractivity contribution in [3.05, 3.63) is 128 Å². The van der Waals surface area contributed by atoms with Gasteiger partial charge in [0, 0.05) is 9.13 Å². The lowest BCUT2D eigenvalue weighted by atomic mass is 9.67. The van der Waals surface area contributed by atoms with Crippen LogP contribution in [-0.4, -0.2) is 0 Å². The molecule has 1 aliphatic carbocycles. The van der Waals surface area contributed by atoms with Crippen molar-refractivity contribution >= 4 is 22.6 Å². The molecule has 0 spiro atoms. The van der Waals surface area contributed by atoms with Crippen LogP contribution in [0.15, 0.2) is 91.0 Å². The molecule has 0 fully saturated rings. The van der Waals surface area contributed by atoms with Crippen LogP contribution in [0.25, 0.3) is 11.1 Å². The minimum absolute atomic E-state index is 0.283. The van der Waals surface area contributed by atoms with Gasteiger partial charge in [0.15, 0.2) is 0 Å². The molecule has 1 heteroatoms. The predicted octanol–water partition coefficient (Wildman–Crippen LogP) is 7.27. The molecule has 0 atom stereocenters. The van der Waals surface area contributed by atoms with Crippen molar-refractivity contribution in [1.82, 2.24) is 0 Å². The lowest BCUT2D eigenvalue weighted by Gasteiger charge is -2.34. The fraction of sp³-hybridized carbons (Fsp3) is 0.111. The average molecular weight is 472 g/mol. The Kier molecular flexibility index (Phi) is 4.17. The normalized spacial score (nSPS) is 13.8. The molecule has 28 heavy (non-hydrogen) atoms. The van der Waals surface area contributed by atoms with Gasteiger partial charge in [-0.15, -0.1) is 0 Å². The first kappa shape index (κ1) is 17.7. The summed E-state index contributed by atoms with van der Waals surface area (Å²) in [5, 5.41) is 0. The molecular weight excluding hydrogens is 451 g/mol. The molecule has 136 valence electrons. The van der Waals surface area contributed by atoms with Crippen LogP contribution in [0, 0.1) is 17.4 Å². The zero-order valence-electron chi connectivity index (χ0n) is 16.0. The SMILES string of the molecule is Cc1ccc(C2(c3ccc(C)cc3)c3ccccc3-c3c(I)cccc32)cc1. The van der Waals surface area contributed by atoms with Crippen LogP contribution in [-0.2, 0) is 5.41 Å². The zero-order valence-corrected chi connectivity index (χ0v) is 18.2. The van der Waals surface area contributed by atoms with E-state index in [-0.39, 0.29) is 5.41 Å².